The quantitative estimate of drug-likeness (QED) is 0.753. The van der Waals surface area contributed by atoms with Gasteiger partial charge in [-0.1, -0.05) is 35.9 Å². The van der Waals surface area contributed by atoms with Crippen LogP contribution in [0.5, 0.6) is 0 Å². The van der Waals surface area contributed by atoms with Crippen LogP contribution in [0.3, 0.4) is 0 Å². The maximum atomic E-state index is 11.9. The number of para-hydroxylation sites is 1. The Labute approximate surface area is 134 Å². The van der Waals surface area contributed by atoms with Crippen molar-refractivity contribution < 1.29 is 4.79 Å². The van der Waals surface area contributed by atoms with Crippen LogP contribution in [-0.2, 0) is 4.79 Å². The molecule has 0 fully saturated rings. The molecule has 1 aromatic heterocycles. The van der Waals surface area contributed by atoms with Crippen molar-refractivity contribution in [1.82, 2.24) is 15.0 Å². The molecular weight excluding hydrogens is 288 g/mol. The fourth-order valence-electron chi connectivity index (χ4n) is 2.02. The lowest BCUT2D eigenvalue weighted by atomic mass is 10.2. The molecule has 3 aromatic rings. The molecule has 0 unspecified atom stereocenters. The average Bonchev–Trinajstić information content (AvgIpc) is 3.05. The molecule has 1 amide bonds. The summed E-state index contributed by atoms with van der Waals surface area (Å²) in [5.74, 6) is -0.205. The maximum absolute atomic E-state index is 11.9. The van der Waals surface area contributed by atoms with Crippen LogP contribution in [0.15, 0.2) is 66.9 Å². The molecule has 23 heavy (non-hydrogen) atoms. The van der Waals surface area contributed by atoms with Crippen LogP contribution in [0.25, 0.3) is 11.8 Å². The van der Waals surface area contributed by atoms with E-state index in [0.29, 0.717) is 5.69 Å². The molecule has 0 aliphatic heterocycles. The minimum atomic E-state index is -0.205. The minimum Gasteiger partial charge on any atom is -0.323 e. The normalized spacial score (nSPS) is 10.8. The third-order valence-corrected chi connectivity index (χ3v) is 3.22. The Bertz CT molecular complexity index is 820. The van der Waals surface area contributed by atoms with Crippen molar-refractivity contribution >= 4 is 17.7 Å². The number of aryl methyl sites for hydroxylation is 1. The number of anilines is 1. The van der Waals surface area contributed by atoms with Gasteiger partial charge in [0, 0.05) is 11.8 Å². The number of rotatable bonds is 4. The van der Waals surface area contributed by atoms with E-state index < -0.39 is 0 Å². The first-order chi connectivity index (χ1) is 11.2. The van der Waals surface area contributed by atoms with Crippen LogP contribution in [-0.4, -0.2) is 20.9 Å². The summed E-state index contributed by atoms with van der Waals surface area (Å²) in [5.41, 5.74) is 3.40. The summed E-state index contributed by atoms with van der Waals surface area (Å²) in [7, 11) is 0. The number of hydrogen-bond acceptors (Lipinski definition) is 3. The van der Waals surface area contributed by atoms with Crippen molar-refractivity contribution in [3.05, 3.63) is 78.1 Å². The van der Waals surface area contributed by atoms with Crippen molar-refractivity contribution in [3.8, 4) is 5.69 Å². The Balaban J connectivity index is 1.65. The lowest BCUT2D eigenvalue weighted by molar-refractivity contribution is -0.111. The van der Waals surface area contributed by atoms with E-state index in [9.17, 15) is 4.79 Å². The molecule has 3 rings (SSSR count). The van der Waals surface area contributed by atoms with Gasteiger partial charge in [-0.25, -0.2) is 0 Å². The van der Waals surface area contributed by atoms with Crippen molar-refractivity contribution in [1.29, 1.82) is 0 Å². The largest absolute Gasteiger partial charge is 0.323 e. The van der Waals surface area contributed by atoms with Crippen LogP contribution in [0, 0.1) is 6.92 Å². The second-order valence-corrected chi connectivity index (χ2v) is 5.08. The second kappa shape index (κ2) is 6.70. The summed E-state index contributed by atoms with van der Waals surface area (Å²) in [6.45, 7) is 2.00. The molecule has 0 saturated heterocycles. The van der Waals surface area contributed by atoms with Gasteiger partial charge in [-0.15, -0.1) is 5.10 Å². The Morgan fingerprint density at radius 2 is 1.83 bits per heavy atom. The fourth-order valence-corrected chi connectivity index (χ4v) is 2.02. The summed E-state index contributed by atoms with van der Waals surface area (Å²) < 4.78 is 0. The lowest BCUT2D eigenvalue weighted by Crippen LogP contribution is -2.07. The molecular formula is C18H16N4O. The van der Waals surface area contributed by atoms with Gasteiger partial charge in [-0.05, 0) is 37.3 Å². The third kappa shape index (κ3) is 3.91. The first-order valence-electron chi connectivity index (χ1n) is 7.24. The van der Waals surface area contributed by atoms with E-state index in [0.717, 1.165) is 16.9 Å². The first kappa shape index (κ1) is 14.7. The highest BCUT2D eigenvalue weighted by molar-refractivity contribution is 6.01. The number of nitrogens with one attached hydrogen (secondary N) is 1. The van der Waals surface area contributed by atoms with Gasteiger partial charge >= 0.3 is 0 Å². The highest BCUT2D eigenvalue weighted by atomic mass is 16.1. The standard InChI is InChI=1S/C18H16N4O/c1-14-7-9-15(10-8-14)20-18(23)12-11-16-13-19-22(21-16)17-5-3-2-4-6-17/h2-13H,1H3,(H,20,23)/b12-11+. The Hall–Kier alpha value is -3.21. The summed E-state index contributed by atoms with van der Waals surface area (Å²) in [4.78, 5) is 13.4. The molecule has 0 saturated carbocycles. The highest BCUT2D eigenvalue weighted by Gasteiger charge is 2.01. The van der Waals surface area contributed by atoms with Crippen LogP contribution < -0.4 is 5.32 Å². The molecule has 1 N–H and O–H groups in total. The summed E-state index contributed by atoms with van der Waals surface area (Å²) >= 11 is 0. The zero-order valence-corrected chi connectivity index (χ0v) is 12.7. The third-order valence-electron chi connectivity index (χ3n) is 3.22. The van der Waals surface area contributed by atoms with Gasteiger partial charge in [0.1, 0.15) is 5.69 Å². The molecule has 2 aromatic carbocycles. The van der Waals surface area contributed by atoms with E-state index in [1.165, 1.54) is 10.9 Å². The van der Waals surface area contributed by atoms with E-state index >= 15 is 0 Å². The van der Waals surface area contributed by atoms with Gasteiger partial charge in [0.2, 0.25) is 5.91 Å². The summed E-state index contributed by atoms with van der Waals surface area (Å²) in [5, 5.41) is 11.3. The van der Waals surface area contributed by atoms with E-state index in [4.69, 9.17) is 0 Å². The van der Waals surface area contributed by atoms with Crippen molar-refractivity contribution in [2.45, 2.75) is 6.92 Å². The van der Waals surface area contributed by atoms with Crippen molar-refractivity contribution in [2.24, 2.45) is 0 Å². The topological polar surface area (TPSA) is 59.8 Å². The van der Waals surface area contributed by atoms with Crippen LogP contribution >= 0.6 is 0 Å². The van der Waals surface area contributed by atoms with E-state index in [-0.39, 0.29) is 5.91 Å². The molecule has 0 atom stereocenters. The van der Waals surface area contributed by atoms with Gasteiger partial charge in [0.15, 0.2) is 0 Å². The number of carbonyl (C=O) groups is 1. The molecule has 0 spiro atoms. The zero-order valence-electron chi connectivity index (χ0n) is 12.7. The van der Waals surface area contributed by atoms with Crippen molar-refractivity contribution in [3.63, 3.8) is 0 Å². The van der Waals surface area contributed by atoms with E-state index in [1.54, 1.807) is 12.3 Å². The van der Waals surface area contributed by atoms with E-state index in [2.05, 4.69) is 15.5 Å². The molecule has 0 aliphatic carbocycles. The number of aromatic nitrogens is 3. The number of hydrogen-bond donors (Lipinski definition) is 1. The minimum absolute atomic E-state index is 0.205. The number of benzene rings is 2. The van der Waals surface area contributed by atoms with Gasteiger partial charge in [-0.2, -0.15) is 9.90 Å². The van der Waals surface area contributed by atoms with Gasteiger partial charge in [0.05, 0.1) is 11.9 Å². The van der Waals surface area contributed by atoms with Gasteiger partial charge in [0.25, 0.3) is 0 Å². The molecule has 0 bridgehead atoms. The summed E-state index contributed by atoms with van der Waals surface area (Å²) in [6, 6.07) is 17.2. The summed E-state index contributed by atoms with van der Waals surface area (Å²) in [6.07, 6.45) is 4.69. The highest BCUT2D eigenvalue weighted by Crippen LogP contribution is 2.09. The van der Waals surface area contributed by atoms with E-state index in [1.807, 2.05) is 61.5 Å². The Morgan fingerprint density at radius 3 is 2.57 bits per heavy atom. The Morgan fingerprint density at radius 1 is 1.09 bits per heavy atom. The SMILES string of the molecule is Cc1ccc(NC(=O)/C=C/c2cnn(-c3ccccc3)n2)cc1. The fraction of sp³-hybridized carbons (Fsp3) is 0.0556. The molecule has 5 heteroatoms. The average molecular weight is 304 g/mol. The molecule has 1 heterocycles. The predicted octanol–water partition coefficient (Wildman–Crippen LogP) is 3.23. The van der Waals surface area contributed by atoms with Crippen molar-refractivity contribution in [2.75, 3.05) is 5.32 Å². The number of nitrogens with zero attached hydrogens (tertiary/aromatic N) is 3. The number of carbonyl (C=O) groups excluding carboxylic acids is 1. The van der Waals surface area contributed by atoms with Gasteiger partial charge < -0.3 is 5.32 Å². The van der Waals surface area contributed by atoms with Gasteiger partial charge in [-0.3, -0.25) is 4.79 Å². The first-order valence-corrected chi connectivity index (χ1v) is 7.24. The predicted molar refractivity (Wildman–Crippen MR) is 90.2 cm³/mol. The molecule has 0 radical (unpaired) electrons. The second-order valence-electron chi connectivity index (χ2n) is 5.08. The maximum Gasteiger partial charge on any atom is 0.248 e. The van der Waals surface area contributed by atoms with Crippen LogP contribution in [0.1, 0.15) is 11.3 Å². The zero-order chi connectivity index (χ0) is 16.1. The molecule has 114 valence electrons. The molecule has 0 aliphatic rings. The smallest absolute Gasteiger partial charge is 0.248 e. The lowest BCUT2D eigenvalue weighted by Gasteiger charge is -2.01. The monoisotopic (exact) mass is 304 g/mol. The number of amides is 1. The Kier molecular flexibility index (Phi) is 4.29. The van der Waals surface area contributed by atoms with Crippen LogP contribution in [0.2, 0.25) is 0 Å². The van der Waals surface area contributed by atoms with Crippen LogP contribution in [0.4, 0.5) is 5.69 Å². The molecule has 5 nitrogen and oxygen atoms in total.